The van der Waals surface area contributed by atoms with E-state index in [4.69, 9.17) is 0 Å². The van der Waals surface area contributed by atoms with Gasteiger partial charge in [0.1, 0.15) is 6.10 Å². The first-order valence-corrected chi connectivity index (χ1v) is 7.99. The summed E-state index contributed by atoms with van der Waals surface area (Å²) in [5.41, 5.74) is 1.85. The Labute approximate surface area is 121 Å². The lowest BCUT2D eigenvalue weighted by Crippen LogP contribution is -2.56. The van der Waals surface area contributed by atoms with Crippen LogP contribution in [0.2, 0.25) is 0 Å². The van der Waals surface area contributed by atoms with Gasteiger partial charge in [0.05, 0.1) is 5.69 Å². The van der Waals surface area contributed by atoms with Crippen molar-refractivity contribution >= 4 is 0 Å². The van der Waals surface area contributed by atoms with Crippen molar-refractivity contribution < 1.29 is 5.11 Å². The lowest BCUT2D eigenvalue weighted by atomic mass is 9.39. The van der Waals surface area contributed by atoms with E-state index in [2.05, 4.69) is 18.9 Å². The van der Waals surface area contributed by atoms with Crippen LogP contribution in [0.3, 0.4) is 0 Å². The Hall–Kier alpha value is -0.830. The molecule has 1 aromatic rings. The number of aryl methyl sites for hydroxylation is 1. The highest BCUT2D eigenvalue weighted by Gasteiger charge is 2.62. The summed E-state index contributed by atoms with van der Waals surface area (Å²) in [7, 11) is 1.93. The van der Waals surface area contributed by atoms with Crippen molar-refractivity contribution in [1.29, 1.82) is 0 Å². The average molecular weight is 274 g/mol. The van der Waals surface area contributed by atoms with Gasteiger partial charge in [-0.2, -0.15) is 5.10 Å². The topological polar surface area (TPSA) is 38.0 Å². The molecule has 4 aliphatic carbocycles. The molecule has 1 heterocycles. The zero-order chi connectivity index (χ0) is 14.2. The van der Waals surface area contributed by atoms with Crippen LogP contribution in [0.15, 0.2) is 12.3 Å². The SMILES string of the molecule is Cn1ccc(C(O)C23CC4CC(C)(CC(C)(C4)C2)C3)n1. The number of rotatable bonds is 2. The van der Waals surface area contributed by atoms with Crippen molar-refractivity contribution in [3.8, 4) is 0 Å². The van der Waals surface area contributed by atoms with Gasteiger partial charge in [0.15, 0.2) is 0 Å². The third kappa shape index (κ3) is 1.71. The molecule has 1 aromatic heterocycles. The summed E-state index contributed by atoms with van der Waals surface area (Å²) in [6, 6.07) is 1.99. The molecule has 0 spiro atoms. The summed E-state index contributed by atoms with van der Waals surface area (Å²) in [5, 5.41) is 15.5. The number of hydrogen-bond acceptors (Lipinski definition) is 2. The predicted molar refractivity (Wildman–Crippen MR) is 78.0 cm³/mol. The maximum atomic E-state index is 11.1. The summed E-state index contributed by atoms with van der Waals surface area (Å²) in [4.78, 5) is 0. The van der Waals surface area contributed by atoms with E-state index in [1.54, 1.807) is 0 Å². The van der Waals surface area contributed by atoms with Crippen LogP contribution >= 0.6 is 0 Å². The zero-order valence-corrected chi connectivity index (χ0v) is 12.9. The maximum absolute atomic E-state index is 11.1. The molecule has 110 valence electrons. The molecule has 3 nitrogen and oxygen atoms in total. The molecule has 0 saturated heterocycles. The number of aliphatic hydroxyl groups is 1. The van der Waals surface area contributed by atoms with E-state index < -0.39 is 0 Å². The number of aliphatic hydroxyl groups excluding tert-OH is 1. The lowest BCUT2D eigenvalue weighted by molar-refractivity contribution is -0.188. The minimum atomic E-state index is -0.384. The Balaban J connectivity index is 1.73. The van der Waals surface area contributed by atoms with Gasteiger partial charge in [-0.15, -0.1) is 0 Å². The first-order chi connectivity index (χ1) is 9.32. The summed E-state index contributed by atoms with van der Waals surface area (Å²) in [6.07, 6.45) is 9.24. The molecule has 0 radical (unpaired) electrons. The van der Waals surface area contributed by atoms with E-state index in [-0.39, 0.29) is 11.5 Å². The second-order valence-electron chi connectivity index (χ2n) is 8.81. The van der Waals surface area contributed by atoms with Crippen molar-refractivity contribution in [2.45, 2.75) is 58.5 Å². The van der Waals surface area contributed by atoms with E-state index in [0.717, 1.165) is 11.6 Å². The normalized spacial score (nSPS) is 47.7. The zero-order valence-electron chi connectivity index (χ0n) is 12.9. The molecule has 0 aliphatic heterocycles. The van der Waals surface area contributed by atoms with Crippen LogP contribution in [0, 0.1) is 22.2 Å². The maximum Gasteiger partial charge on any atom is 0.103 e. The average Bonchev–Trinajstić information content (AvgIpc) is 2.69. The second kappa shape index (κ2) is 3.68. The van der Waals surface area contributed by atoms with Gasteiger partial charge in [0.25, 0.3) is 0 Å². The molecule has 4 bridgehead atoms. The summed E-state index contributed by atoms with van der Waals surface area (Å²) in [5.74, 6) is 0.819. The molecule has 1 N–H and O–H groups in total. The monoisotopic (exact) mass is 274 g/mol. The Morgan fingerprint density at radius 1 is 1.20 bits per heavy atom. The Morgan fingerprint density at radius 2 is 1.85 bits per heavy atom. The molecule has 0 aromatic carbocycles. The molecule has 0 amide bonds. The molecule has 20 heavy (non-hydrogen) atoms. The lowest BCUT2D eigenvalue weighted by Gasteiger charge is -2.66. The first-order valence-electron chi connectivity index (χ1n) is 7.99. The van der Waals surface area contributed by atoms with Gasteiger partial charge in [0.2, 0.25) is 0 Å². The van der Waals surface area contributed by atoms with Crippen molar-refractivity contribution in [2.75, 3.05) is 0 Å². The van der Waals surface area contributed by atoms with E-state index in [9.17, 15) is 5.11 Å². The second-order valence-corrected chi connectivity index (χ2v) is 8.81. The molecule has 3 heteroatoms. The highest BCUT2D eigenvalue weighted by atomic mass is 16.3. The van der Waals surface area contributed by atoms with Crippen molar-refractivity contribution in [3.05, 3.63) is 18.0 Å². The molecular weight excluding hydrogens is 248 g/mol. The third-order valence-corrected chi connectivity index (χ3v) is 6.26. The molecule has 4 fully saturated rings. The van der Waals surface area contributed by atoms with E-state index in [1.807, 2.05) is 24.0 Å². The van der Waals surface area contributed by atoms with Gasteiger partial charge < -0.3 is 5.11 Å². The largest absolute Gasteiger partial charge is 0.386 e. The van der Waals surface area contributed by atoms with E-state index >= 15 is 0 Å². The van der Waals surface area contributed by atoms with Gasteiger partial charge in [-0.3, -0.25) is 4.68 Å². The minimum absolute atomic E-state index is 0.0806. The molecule has 3 unspecified atom stereocenters. The number of hydrogen-bond donors (Lipinski definition) is 1. The highest BCUT2D eigenvalue weighted by molar-refractivity contribution is 5.17. The molecule has 5 rings (SSSR count). The van der Waals surface area contributed by atoms with Crippen LogP contribution in [0.1, 0.15) is 64.2 Å². The van der Waals surface area contributed by atoms with Crippen LogP contribution in [0.5, 0.6) is 0 Å². The summed E-state index contributed by atoms with van der Waals surface area (Å²) in [6.45, 7) is 4.91. The quantitative estimate of drug-likeness (QED) is 0.897. The van der Waals surface area contributed by atoms with Crippen LogP contribution in [0.4, 0.5) is 0 Å². The summed E-state index contributed by atoms with van der Waals surface area (Å²) >= 11 is 0. The number of nitrogens with zero attached hydrogens (tertiary/aromatic N) is 2. The van der Waals surface area contributed by atoms with Gasteiger partial charge >= 0.3 is 0 Å². The van der Waals surface area contributed by atoms with Crippen LogP contribution in [-0.4, -0.2) is 14.9 Å². The van der Waals surface area contributed by atoms with Gasteiger partial charge in [-0.25, -0.2) is 0 Å². The Kier molecular flexibility index (Phi) is 2.37. The van der Waals surface area contributed by atoms with Crippen molar-refractivity contribution in [1.82, 2.24) is 9.78 Å². The Bertz CT molecular complexity index is 531. The molecule has 4 aliphatic rings. The molecule has 3 atom stereocenters. The highest BCUT2D eigenvalue weighted by Crippen LogP contribution is 2.72. The van der Waals surface area contributed by atoms with Gasteiger partial charge in [0, 0.05) is 18.7 Å². The van der Waals surface area contributed by atoms with Crippen molar-refractivity contribution in [3.63, 3.8) is 0 Å². The van der Waals surface area contributed by atoms with Crippen LogP contribution in [0.25, 0.3) is 0 Å². The fourth-order valence-corrected chi connectivity index (χ4v) is 6.73. The smallest absolute Gasteiger partial charge is 0.103 e. The van der Waals surface area contributed by atoms with Crippen molar-refractivity contribution in [2.24, 2.45) is 29.2 Å². The van der Waals surface area contributed by atoms with E-state index in [1.165, 1.54) is 38.5 Å². The molecular formula is C17H26N2O. The fourth-order valence-electron chi connectivity index (χ4n) is 6.73. The minimum Gasteiger partial charge on any atom is -0.386 e. The molecule has 4 saturated carbocycles. The Morgan fingerprint density at radius 3 is 2.35 bits per heavy atom. The first kappa shape index (κ1) is 12.9. The van der Waals surface area contributed by atoms with Crippen LogP contribution < -0.4 is 0 Å². The van der Waals surface area contributed by atoms with Gasteiger partial charge in [-0.05, 0) is 61.3 Å². The van der Waals surface area contributed by atoms with E-state index in [0.29, 0.717) is 10.8 Å². The van der Waals surface area contributed by atoms with Gasteiger partial charge in [-0.1, -0.05) is 13.8 Å². The standard InChI is InChI=1S/C17H26N2O/c1-15-6-12-7-16(2,9-15)11-17(8-12,10-15)14(20)13-4-5-19(3)18-13/h4-5,12,14,20H,6-11H2,1-3H3. The van der Waals surface area contributed by atoms with Crippen LogP contribution in [-0.2, 0) is 7.05 Å². The number of aromatic nitrogens is 2. The third-order valence-electron chi connectivity index (χ3n) is 6.26. The fraction of sp³-hybridized carbons (Fsp3) is 0.824. The summed E-state index contributed by atoms with van der Waals surface area (Å²) < 4.78 is 1.81. The predicted octanol–water partition coefficient (Wildman–Crippen LogP) is 3.45.